The second-order valence-corrected chi connectivity index (χ2v) is 7.91. The number of pyridine rings is 1. The number of amides is 1. The molecule has 0 bridgehead atoms. The van der Waals surface area contributed by atoms with E-state index >= 15 is 0 Å². The summed E-state index contributed by atoms with van der Waals surface area (Å²) in [6, 6.07) is 5.64. The number of hydrogen-bond acceptors (Lipinski definition) is 4. The van der Waals surface area contributed by atoms with Crippen LogP contribution in [0.5, 0.6) is 0 Å². The number of carboxylic acid groups (broad SMARTS) is 1. The molecule has 3 heterocycles. The van der Waals surface area contributed by atoms with Crippen molar-refractivity contribution in [2.24, 2.45) is 0 Å². The maximum absolute atomic E-state index is 14.7. The molecule has 0 spiro atoms. The van der Waals surface area contributed by atoms with Crippen LogP contribution in [-0.2, 0) is 17.8 Å². The molecule has 2 N–H and O–H groups in total. The summed E-state index contributed by atoms with van der Waals surface area (Å²) in [6.45, 7) is 0.441. The van der Waals surface area contributed by atoms with Gasteiger partial charge in [0.05, 0.1) is 42.8 Å². The first-order valence-corrected chi connectivity index (χ1v) is 10.0. The fourth-order valence-corrected chi connectivity index (χ4v) is 4.03. The fraction of sp³-hybridized carbons (Fsp3) is 0.300. The van der Waals surface area contributed by atoms with E-state index in [1.54, 1.807) is 22.7 Å². The SMILES string of the molecule is O=C(O)N1CCO[C@@H](Cc2c(-c3c(F)cc(Br)cc3F)nc3cc(CO)ccn23)C1. The first-order valence-electron chi connectivity index (χ1n) is 9.22. The average Bonchev–Trinajstić information content (AvgIpc) is 3.04. The van der Waals surface area contributed by atoms with E-state index in [4.69, 9.17) is 4.74 Å². The molecule has 1 saturated heterocycles. The molecule has 1 aromatic carbocycles. The summed E-state index contributed by atoms with van der Waals surface area (Å²) in [5, 5.41) is 18.7. The van der Waals surface area contributed by atoms with E-state index in [1.165, 1.54) is 4.90 Å². The molecule has 1 atom stereocenters. The van der Waals surface area contributed by atoms with Crippen molar-refractivity contribution in [3.05, 3.63) is 57.8 Å². The Labute approximate surface area is 178 Å². The van der Waals surface area contributed by atoms with Crippen LogP contribution in [0.25, 0.3) is 16.9 Å². The molecule has 1 fully saturated rings. The van der Waals surface area contributed by atoms with E-state index in [0.717, 1.165) is 12.1 Å². The molecular formula is C20H18BrF2N3O4. The van der Waals surface area contributed by atoms with Gasteiger partial charge in [0.25, 0.3) is 0 Å². The first-order chi connectivity index (χ1) is 14.4. The van der Waals surface area contributed by atoms with Crippen LogP contribution in [0, 0.1) is 11.6 Å². The van der Waals surface area contributed by atoms with Crippen molar-refractivity contribution in [1.82, 2.24) is 14.3 Å². The normalized spacial score (nSPS) is 16.9. The van der Waals surface area contributed by atoms with Crippen molar-refractivity contribution in [3.8, 4) is 11.3 Å². The Morgan fingerprint density at radius 1 is 1.30 bits per heavy atom. The van der Waals surface area contributed by atoms with Gasteiger partial charge in [0.15, 0.2) is 0 Å². The minimum absolute atomic E-state index is 0.114. The molecule has 3 aromatic rings. The van der Waals surface area contributed by atoms with Gasteiger partial charge in [0.1, 0.15) is 17.3 Å². The van der Waals surface area contributed by atoms with Crippen molar-refractivity contribution >= 4 is 27.7 Å². The van der Waals surface area contributed by atoms with E-state index in [1.807, 2.05) is 0 Å². The molecule has 4 rings (SSSR count). The van der Waals surface area contributed by atoms with Crippen LogP contribution in [0.3, 0.4) is 0 Å². The van der Waals surface area contributed by atoms with E-state index < -0.39 is 23.8 Å². The molecule has 7 nitrogen and oxygen atoms in total. The van der Waals surface area contributed by atoms with Gasteiger partial charge in [-0.15, -0.1) is 0 Å². The van der Waals surface area contributed by atoms with Gasteiger partial charge < -0.3 is 24.3 Å². The predicted octanol–water partition coefficient (Wildman–Crippen LogP) is 3.46. The number of morpholine rings is 1. The van der Waals surface area contributed by atoms with Gasteiger partial charge in [-0.05, 0) is 29.8 Å². The highest BCUT2D eigenvalue weighted by Crippen LogP contribution is 2.33. The zero-order valence-corrected chi connectivity index (χ0v) is 17.3. The monoisotopic (exact) mass is 481 g/mol. The van der Waals surface area contributed by atoms with Crippen LogP contribution in [0.15, 0.2) is 34.9 Å². The number of carbonyl (C=O) groups is 1. The van der Waals surface area contributed by atoms with Gasteiger partial charge in [0.2, 0.25) is 0 Å². The Hall–Kier alpha value is -2.56. The van der Waals surface area contributed by atoms with Gasteiger partial charge >= 0.3 is 6.09 Å². The fourth-order valence-electron chi connectivity index (χ4n) is 3.63. The van der Waals surface area contributed by atoms with Crippen molar-refractivity contribution in [2.45, 2.75) is 19.1 Å². The predicted molar refractivity (Wildman–Crippen MR) is 107 cm³/mol. The number of aromatic nitrogens is 2. The van der Waals surface area contributed by atoms with Crippen LogP contribution < -0.4 is 0 Å². The topological polar surface area (TPSA) is 87.3 Å². The van der Waals surface area contributed by atoms with Crippen LogP contribution in [0.2, 0.25) is 0 Å². The molecule has 1 aliphatic heterocycles. The number of aliphatic hydroxyl groups is 1. The highest BCUT2D eigenvalue weighted by Gasteiger charge is 2.28. The third-order valence-corrected chi connectivity index (χ3v) is 5.50. The number of benzene rings is 1. The number of hydrogen-bond donors (Lipinski definition) is 2. The molecule has 2 aromatic heterocycles. The summed E-state index contributed by atoms with van der Waals surface area (Å²) in [4.78, 5) is 17.0. The van der Waals surface area contributed by atoms with Crippen LogP contribution in [-0.4, -0.2) is 56.4 Å². The molecule has 1 aliphatic rings. The lowest BCUT2D eigenvalue weighted by Gasteiger charge is -2.31. The second kappa shape index (κ2) is 8.29. The van der Waals surface area contributed by atoms with Crippen LogP contribution in [0.4, 0.5) is 13.6 Å². The maximum atomic E-state index is 14.7. The molecule has 158 valence electrons. The lowest BCUT2D eigenvalue weighted by molar-refractivity contribution is -0.0214. The zero-order valence-electron chi connectivity index (χ0n) is 15.7. The van der Waals surface area contributed by atoms with E-state index in [9.17, 15) is 23.8 Å². The number of aliphatic hydroxyl groups excluding tert-OH is 1. The molecule has 0 aliphatic carbocycles. The van der Waals surface area contributed by atoms with Crippen LogP contribution in [0.1, 0.15) is 11.3 Å². The molecule has 0 radical (unpaired) electrons. The van der Waals surface area contributed by atoms with Gasteiger partial charge in [-0.25, -0.2) is 18.6 Å². The molecule has 0 saturated carbocycles. The first kappa shape index (κ1) is 20.7. The van der Waals surface area contributed by atoms with Crippen LogP contribution >= 0.6 is 15.9 Å². The summed E-state index contributed by atoms with van der Waals surface area (Å²) < 4.78 is 37.1. The largest absolute Gasteiger partial charge is 0.465 e. The second-order valence-electron chi connectivity index (χ2n) is 7.00. The number of ether oxygens (including phenoxy) is 1. The summed E-state index contributed by atoms with van der Waals surface area (Å²) in [5.74, 6) is -1.55. The number of nitrogens with zero attached hydrogens (tertiary/aromatic N) is 3. The Morgan fingerprint density at radius 3 is 2.70 bits per heavy atom. The molecule has 1 amide bonds. The highest BCUT2D eigenvalue weighted by atomic mass is 79.9. The summed E-state index contributed by atoms with van der Waals surface area (Å²) in [6.07, 6.45) is 0.333. The standard InChI is InChI=1S/C20H18BrF2N3O4/c21-12-6-14(22)18(15(23)7-12)19-16(8-13-9-25(20(28)29)3-4-30-13)26-2-1-11(10-27)5-17(26)24-19/h1-2,5-7,13,27H,3-4,8-10H2,(H,28,29)/t13-/m0/s1. The van der Waals surface area contributed by atoms with Gasteiger partial charge in [0, 0.05) is 23.6 Å². The Balaban J connectivity index is 1.83. The molecular weight excluding hydrogens is 464 g/mol. The number of halogens is 3. The number of fused-ring (bicyclic) bond motifs is 1. The van der Waals surface area contributed by atoms with E-state index in [-0.39, 0.29) is 48.5 Å². The Morgan fingerprint density at radius 2 is 2.03 bits per heavy atom. The summed E-state index contributed by atoms with van der Waals surface area (Å²) in [7, 11) is 0. The maximum Gasteiger partial charge on any atom is 0.407 e. The average molecular weight is 482 g/mol. The highest BCUT2D eigenvalue weighted by molar-refractivity contribution is 9.10. The van der Waals surface area contributed by atoms with Gasteiger partial charge in [-0.2, -0.15) is 0 Å². The van der Waals surface area contributed by atoms with Crippen molar-refractivity contribution in [3.63, 3.8) is 0 Å². The quantitative estimate of drug-likeness (QED) is 0.595. The lowest BCUT2D eigenvalue weighted by Crippen LogP contribution is -2.45. The van der Waals surface area contributed by atoms with E-state index in [2.05, 4.69) is 20.9 Å². The van der Waals surface area contributed by atoms with Gasteiger partial charge in [-0.3, -0.25) is 0 Å². The molecule has 10 heteroatoms. The smallest absolute Gasteiger partial charge is 0.407 e. The number of rotatable bonds is 4. The zero-order chi connectivity index (χ0) is 21.4. The lowest BCUT2D eigenvalue weighted by atomic mass is 10.0. The Bertz CT molecular complexity index is 1100. The number of imidazole rings is 1. The molecule has 0 unspecified atom stereocenters. The minimum atomic E-state index is -1.04. The third kappa shape index (κ3) is 3.90. The third-order valence-electron chi connectivity index (χ3n) is 5.05. The van der Waals surface area contributed by atoms with Crippen molar-refractivity contribution in [1.29, 1.82) is 0 Å². The molecule has 30 heavy (non-hydrogen) atoms. The summed E-state index contributed by atoms with van der Waals surface area (Å²) >= 11 is 3.08. The van der Waals surface area contributed by atoms with E-state index in [0.29, 0.717) is 16.9 Å². The summed E-state index contributed by atoms with van der Waals surface area (Å²) in [5.41, 5.74) is 1.36. The Kier molecular flexibility index (Phi) is 5.72. The van der Waals surface area contributed by atoms with Crippen molar-refractivity contribution in [2.75, 3.05) is 19.7 Å². The minimum Gasteiger partial charge on any atom is -0.465 e. The van der Waals surface area contributed by atoms with Gasteiger partial charge in [-0.1, -0.05) is 15.9 Å². The van der Waals surface area contributed by atoms with Crippen molar-refractivity contribution < 1.29 is 28.5 Å².